The molecular weight excluding hydrogens is 276 g/mol. The van der Waals surface area contributed by atoms with Gasteiger partial charge in [-0.2, -0.15) is 13.9 Å². The summed E-state index contributed by atoms with van der Waals surface area (Å²) in [6.07, 6.45) is 0.911. The van der Waals surface area contributed by atoms with Crippen molar-refractivity contribution in [1.29, 1.82) is 0 Å². The molecule has 6 heteroatoms. The molecule has 0 aliphatic rings. The summed E-state index contributed by atoms with van der Waals surface area (Å²) in [6, 6.07) is 6.40. The number of nitrogen functional groups attached to an aromatic ring is 1. The van der Waals surface area contributed by atoms with Crippen LogP contribution in [0.15, 0.2) is 24.3 Å². The number of nitrogens with two attached hydrogens (primary N) is 1. The Kier molecular flexibility index (Phi) is 4.16. The van der Waals surface area contributed by atoms with Gasteiger partial charge >= 0.3 is 6.61 Å². The minimum atomic E-state index is -2.83. The highest BCUT2D eigenvalue weighted by Gasteiger charge is 2.26. The van der Waals surface area contributed by atoms with E-state index in [1.54, 1.807) is 12.1 Å². The predicted octanol–water partition coefficient (Wildman–Crippen LogP) is 3.95. The number of aromatic nitrogens is 2. The number of hydrogen-bond donors (Lipinski definition) is 2. The van der Waals surface area contributed by atoms with Crippen LogP contribution in [0.2, 0.25) is 0 Å². The molecule has 3 N–H and O–H groups in total. The zero-order valence-electron chi connectivity index (χ0n) is 12.3. The van der Waals surface area contributed by atoms with Crippen molar-refractivity contribution in [2.45, 2.75) is 39.2 Å². The minimum Gasteiger partial charge on any atom is -0.435 e. The molecule has 0 bridgehead atoms. The second kappa shape index (κ2) is 5.71. The topological polar surface area (TPSA) is 63.9 Å². The maximum absolute atomic E-state index is 12.2. The number of H-pyrrole nitrogens is 1. The molecule has 1 heterocycles. The molecular formula is C15H19F2N3O. The SMILES string of the molecule is CCC(C)(C)c1[nH]nc(N)c1-c1ccc(OC(F)F)cc1. The fourth-order valence-electron chi connectivity index (χ4n) is 2.12. The van der Waals surface area contributed by atoms with E-state index < -0.39 is 6.61 Å². The number of hydrogen-bond acceptors (Lipinski definition) is 3. The number of anilines is 1. The van der Waals surface area contributed by atoms with Gasteiger partial charge in [0.2, 0.25) is 0 Å². The highest BCUT2D eigenvalue weighted by atomic mass is 19.3. The third-order valence-electron chi connectivity index (χ3n) is 3.72. The second-order valence-electron chi connectivity index (χ2n) is 5.50. The average molecular weight is 295 g/mol. The highest BCUT2D eigenvalue weighted by molar-refractivity contribution is 5.77. The summed E-state index contributed by atoms with van der Waals surface area (Å²) in [4.78, 5) is 0. The largest absolute Gasteiger partial charge is 0.435 e. The lowest BCUT2D eigenvalue weighted by molar-refractivity contribution is -0.0498. The van der Waals surface area contributed by atoms with E-state index in [9.17, 15) is 8.78 Å². The van der Waals surface area contributed by atoms with Gasteiger partial charge < -0.3 is 10.5 Å². The van der Waals surface area contributed by atoms with Crippen LogP contribution in [0.25, 0.3) is 11.1 Å². The number of benzene rings is 1. The molecule has 0 saturated heterocycles. The van der Waals surface area contributed by atoms with Gasteiger partial charge in [-0.05, 0) is 24.1 Å². The minimum absolute atomic E-state index is 0.113. The Morgan fingerprint density at radius 3 is 2.43 bits per heavy atom. The maximum atomic E-state index is 12.2. The van der Waals surface area contributed by atoms with Crippen molar-refractivity contribution in [3.05, 3.63) is 30.0 Å². The van der Waals surface area contributed by atoms with Crippen LogP contribution in [0, 0.1) is 0 Å². The molecule has 0 saturated carbocycles. The van der Waals surface area contributed by atoms with Gasteiger partial charge in [0.15, 0.2) is 5.82 Å². The zero-order chi connectivity index (χ0) is 15.6. The summed E-state index contributed by atoms with van der Waals surface area (Å²) >= 11 is 0. The van der Waals surface area contributed by atoms with E-state index in [4.69, 9.17) is 5.73 Å². The molecule has 114 valence electrons. The van der Waals surface area contributed by atoms with Crippen LogP contribution in [-0.4, -0.2) is 16.8 Å². The lowest BCUT2D eigenvalue weighted by Crippen LogP contribution is -2.17. The molecule has 0 radical (unpaired) electrons. The number of nitrogens with one attached hydrogen (secondary N) is 1. The van der Waals surface area contributed by atoms with E-state index in [0.717, 1.165) is 23.2 Å². The fourth-order valence-corrected chi connectivity index (χ4v) is 2.12. The Hall–Kier alpha value is -2.11. The Morgan fingerprint density at radius 2 is 1.90 bits per heavy atom. The van der Waals surface area contributed by atoms with Gasteiger partial charge in [-0.25, -0.2) is 0 Å². The Bertz CT molecular complexity index is 606. The van der Waals surface area contributed by atoms with Crippen molar-refractivity contribution in [2.24, 2.45) is 0 Å². The van der Waals surface area contributed by atoms with E-state index >= 15 is 0 Å². The van der Waals surface area contributed by atoms with Gasteiger partial charge in [0.25, 0.3) is 0 Å². The van der Waals surface area contributed by atoms with Crippen molar-refractivity contribution in [3.63, 3.8) is 0 Å². The summed E-state index contributed by atoms with van der Waals surface area (Å²) in [6.45, 7) is 3.44. The van der Waals surface area contributed by atoms with E-state index in [1.807, 2.05) is 0 Å². The molecule has 2 aromatic rings. The second-order valence-corrected chi connectivity index (χ2v) is 5.50. The first kappa shape index (κ1) is 15.3. The smallest absolute Gasteiger partial charge is 0.387 e. The van der Waals surface area contributed by atoms with Gasteiger partial charge in [0.1, 0.15) is 5.75 Å². The van der Waals surface area contributed by atoms with Crippen molar-refractivity contribution in [1.82, 2.24) is 10.2 Å². The van der Waals surface area contributed by atoms with Gasteiger partial charge in [-0.3, -0.25) is 5.10 Å². The average Bonchev–Trinajstić information content (AvgIpc) is 2.82. The zero-order valence-corrected chi connectivity index (χ0v) is 12.3. The number of alkyl halides is 2. The molecule has 1 aromatic carbocycles. The van der Waals surface area contributed by atoms with Gasteiger partial charge in [0, 0.05) is 11.0 Å². The summed E-state index contributed by atoms with van der Waals surface area (Å²) in [7, 11) is 0. The molecule has 0 amide bonds. The van der Waals surface area contributed by atoms with Crippen LogP contribution in [-0.2, 0) is 5.41 Å². The number of ether oxygens (including phenoxy) is 1. The van der Waals surface area contributed by atoms with Crippen LogP contribution in [0.3, 0.4) is 0 Å². The van der Waals surface area contributed by atoms with E-state index in [2.05, 4.69) is 35.7 Å². The highest BCUT2D eigenvalue weighted by Crippen LogP contribution is 2.37. The van der Waals surface area contributed by atoms with Crippen LogP contribution in [0.1, 0.15) is 32.9 Å². The predicted molar refractivity (Wildman–Crippen MR) is 78.4 cm³/mol. The van der Waals surface area contributed by atoms with E-state index in [-0.39, 0.29) is 11.2 Å². The Morgan fingerprint density at radius 1 is 1.29 bits per heavy atom. The number of rotatable bonds is 5. The maximum Gasteiger partial charge on any atom is 0.387 e. The third-order valence-corrected chi connectivity index (χ3v) is 3.72. The summed E-state index contributed by atoms with van der Waals surface area (Å²) in [5, 5.41) is 7.06. The molecule has 21 heavy (non-hydrogen) atoms. The van der Waals surface area contributed by atoms with Crippen molar-refractivity contribution >= 4 is 5.82 Å². The van der Waals surface area contributed by atoms with Crippen LogP contribution in [0.4, 0.5) is 14.6 Å². The molecule has 1 aromatic heterocycles. The summed E-state index contributed by atoms with van der Waals surface area (Å²) in [5.41, 5.74) is 8.40. The van der Waals surface area contributed by atoms with Crippen LogP contribution < -0.4 is 10.5 Å². The van der Waals surface area contributed by atoms with Crippen molar-refractivity contribution in [2.75, 3.05) is 5.73 Å². The Labute approximate surface area is 122 Å². The lowest BCUT2D eigenvalue weighted by Gasteiger charge is -2.22. The standard InChI is InChI=1S/C15H19F2N3O/c1-4-15(2,3)12-11(13(18)20-19-12)9-5-7-10(8-6-9)21-14(16)17/h5-8,14H,4H2,1-3H3,(H3,18,19,20). The van der Waals surface area contributed by atoms with E-state index in [1.165, 1.54) is 12.1 Å². The number of nitrogens with zero attached hydrogens (tertiary/aromatic N) is 1. The first-order valence-electron chi connectivity index (χ1n) is 6.74. The quantitative estimate of drug-likeness (QED) is 0.878. The van der Waals surface area contributed by atoms with Gasteiger partial charge in [-0.1, -0.05) is 32.9 Å². The molecule has 0 atom stereocenters. The first-order chi connectivity index (χ1) is 9.85. The monoisotopic (exact) mass is 295 g/mol. The van der Waals surface area contributed by atoms with Crippen LogP contribution >= 0.6 is 0 Å². The number of halogens is 2. The third kappa shape index (κ3) is 3.15. The summed E-state index contributed by atoms with van der Waals surface area (Å²) in [5.74, 6) is 0.515. The van der Waals surface area contributed by atoms with Gasteiger partial charge in [-0.15, -0.1) is 0 Å². The van der Waals surface area contributed by atoms with Crippen molar-refractivity contribution < 1.29 is 13.5 Å². The molecule has 0 aliphatic heterocycles. The molecule has 0 aliphatic carbocycles. The van der Waals surface area contributed by atoms with Gasteiger partial charge in [0.05, 0.1) is 5.69 Å². The number of aromatic amines is 1. The molecule has 2 rings (SSSR count). The molecule has 0 spiro atoms. The molecule has 0 unspecified atom stereocenters. The lowest BCUT2D eigenvalue weighted by atomic mass is 9.83. The molecule has 0 fully saturated rings. The summed E-state index contributed by atoms with van der Waals surface area (Å²) < 4.78 is 28.7. The van der Waals surface area contributed by atoms with Crippen LogP contribution in [0.5, 0.6) is 5.75 Å². The van der Waals surface area contributed by atoms with E-state index in [0.29, 0.717) is 5.82 Å². The van der Waals surface area contributed by atoms with Crippen molar-refractivity contribution in [3.8, 4) is 16.9 Å². The fraction of sp³-hybridized carbons (Fsp3) is 0.400. The Balaban J connectivity index is 2.40. The molecule has 4 nitrogen and oxygen atoms in total. The normalized spacial score (nSPS) is 11.9. The first-order valence-corrected chi connectivity index (χ1v) is 6.74.